The normalized spacial score (nSPS) is 35.0. The minimum atomic E-state index is 0.0396. The SMILES string of the molecule is O=C(c1ccccc1)[C@@H]1[C@H]2CCC(C(Br)CO)N21. The summed E-state index contributed by atoms with van der Waals surface area (Å²) in [6, 6.07) is 10.2. The fraction of sp³-hybridized carbons (Fsp3) is 0.500. The summed E-state index contributed by atoms with van der Waals surface area (Å²) in [5, 5.41) is 9.21. The molecule has 0 aromatic heterocycles. The van der Waals surface area contributed by atoms with Gasteiger partial charge in [0.1, 0.15) is 0 Å². The molecule has 96 valence electrons. The molecule has 2 saturated heterocycles. The summed E-state index contributed by atoms with van der Waals surface area (Å²) >= 11 is 3.50. The zero-order chi connectivity index (χ0) is 12.7. The second-order valence-corrected chi connectivity index (χ2v) is 6.21. The number of halogens is 1. The summed E-state index contributed by atoms with van der Waals surface area (Å²) in [7, 11) is 0. The molecule has 1 N–H and O–H groups in total. The summed E-state index contributed by atoms with van der Waals surface area (Å²) < 4.78 is 0. The Morgan fingerprint density at radius 1 is 1.39 bits per heavy atom. The highest BCUT2D eigenvalue weighted by Gasteiger charge is 2.59. The number of hydrogen-bond acceptors (Lipinski definition) is 3. The van der Waals surface area contributed by atoms with Crippen molar-refractivity contribution in [3.05, 3.63) is 35.9 Å². The first-order valence-electron chi connectivity index (χ1n) is 6.35. The molecule has 0 aliphatic carbocycles. The molecule has 4 heteroatoms. The predicted octanol–water partition coefficient (Wildman–Crippen LogP) is 1.84. The van der Waals surface area contributed by atoms with Crippen molar-refractivity contribution in [3.63, 3.8) is 0 Å². The van der Waals surface area contributed by atoms with Crippen LogP contribution < -0.4 is 0 Å². The van der Waals surface area contributed by atoms with Crippen LogP contribution in [0.2, 0.25) is 0 Å². The number of alkyl halides is 1. The van der Waals surface area contributed by atoms with Crippen molar-refractivity contribution in [3.8, 4) is 0 Å². The first-order chi connectivity index (χ1) is 8.74. The number of carbonyl (C=O) groups excluding carboxylic acids is 1. The molecular weight excluding hydrogens is 294 g/mol. The van der Waals surface area contributed by atoms with Gasteiger partial charge in [-0.1, -0.05) is 46.3 Å². The third-order valence-corrected chi connectivity index (χ3v) is 4.94. The minimum Gasteiger partial charge on any atom is -0.395 e. The molecule has 0 saturated carbocycles. The molecular formula is C14H16BrNO2. The van der Waals surface area contributed by atoms with Gasteiger partial charge in [-0.3, -0.25) is 9.69 Å². The quantitative estimate of drug-likeness (QED) is 0.524. The van der Waals surface area contributed by atoms with Gasteiger partial charge in [0.15, 0.2) is 5.78 Å². The number of ketones is 1. The number of aliphatic hydroxyl groups excluding tert-OH is 1. The van der Waals surface area contributed by atoms with E-state index in [-0.39, 0.29) is 23.3 Å². The second-order valence-electron chi connectivity index (χ2n) is 5.03. The van der Waals surface area contributed by atoms with E-state index in [9.17, 15) is 9.90 Å². The van der Waals surface area contributed by atoms with Crippen LogP contribution >= 0.6 is 15.9 Å². The van der Waals surface area contributed by atoms with Crippen LogP contribution in [0.3, 0.4) is 0 Å². The molecule has 2 heterocycles. The second kappa shape index (κ2) is 4.76. The molecule has 0 amide bonds. The van der Waals surface area contributed by atoms with Gasteiger partial charge in [-0.25, -0.2) is 0 Å². The van der Waals surface area contributed by atoms with Crippen LogP contribution in [0, 0.1) is 0 Å². The first kappa shape index (κ1) is 12.3. The molecule has 2 aliphatic heterocycles. The number of benzene rings is 1. The first-order valence-corrected chi connectivity index (χ1v) is 7.27. The van der Waals surface area contributed by atoms with Gasteiger partial charge in [-0.2, -0.15) is 0 Å². The molecule has 3 nitrogen and oxygen atoms in total. The van der Waals surface area contributed by atoms with E-state index >= 15 is 0 Å². The average molecular weight is 310 g/mol. The van der Waals surface area contributed by atoms with Crippen molar-refractivity contribution >= 4 is 21.7 Å². The van der Waals surface area contributed by atoms with Crippen LogP contribution in [0.25, 0.3) is 0 Å². The van der Waals surface area contributed by atoms with Gasteiger partial charge in [0, 0.05) is 17.6 Å². The molecule has 1 aromatic carbocycles. The number of Topliss-reactive ketones (excluding diaryl/α,β-unsaturated/α-hetero) is 1. The highest BCUT2D eigenvalue weighted by atomic mass is 79.9. The summed E-state index contributed by atoms with van der Waals surface area (Å²) in [6.45, 7) is 0.125. The lowest BCUT2D eigenvalue weighted by atomic mass is 10.0. The lowest BCUT2D eigenvalue weighted by Crippen LogP contribution is -2.32. The van der Waals surface area contributed by atoms with Crippen LogP contribution in [-0.4, -0.2) is 45.3 Å². The third-order valence-electron chi connectivity index (χ3n) is 4.04. The maximum Gasteiger partial charge on any atom is 0.181 e. The Kier molecular flexibility index (Phi) is 3.26. The van der Waals surface area contributed by atoms with Crippen LogP contribution in [0.5, 0.6) is 0 Å². The standard InChI is InChI=1S/C14H16BrNO2/c15-10(8-17)11-6-7-12-13(16(11)12)14(18)9-4-2-1-3-5-9/h1-5,10-13,17H,6-8H2/t10?,11?,12-,13+,16?/m1/s1. The highest BCUT2D eigenvalue weighted by Crippen LogP contribution is 2.46. The van der Waals surface area contributed by atoms with Gasteiger partial charge >= 0.3 is 0 Å². The van der Waals surface area contributed by atoms with E-state index in [1.165, 1.54) is 0 Å². The minimum absolute atomic E-state index is 0.0396. The Morgan fingerprint density at radius 2 is 2.11 bits per heavy atom. The molecule has 0 bridgehead atoms. The van der Waals surface area contributed by atoms with Gasteiger partial charge in [0.25, 0.3) is 0 Å². The van der Waals surface area contributed by atoms with Gasteiger partial charge in [-0.05, 0) is 12.8 Å². The molecule has 0 radical (unpaired) electrons. The van der Waals surface area contributed by atoms with Crippen LogP contribution in [-0.2, 0) is 0 Å². The number of carbonyl (C=O) groups is 1. The van der Waals surface area contributed by atoms with Gasteiger partial charge in [-0.15, -0.1) is 0 Å². The Balaban J connectivity index is 1.72. The Hall–Kier alpha value is -0.710. The van der Waals surface area contributed by atoms with Gasteiger partial charge in [0.2, 0.25) is 0 Å². The van der Waals surface area contributed by atoms with E-state index in [1.807, 2.05) is 30.3 Å². The maximum absolute atomic E-state index is 12.4. The molecule has 0 spiro atoms. The lowest BCUT2D eigenvalue weighted by molar-refractivity contribution is 0.0962. The fourth-order valence-electron chi connectivity index (χ4n) is 3.12. The van der Waals surface area contributed by atoms with E-state index in [2.05, 4.69) is 20.8 Å². The van der Waals surface area contributed by atoms with Crippen molar-refractivity contribution in [2.24, 2.45) is 0 Å². The number of nitrogens with zero attached hydrogens (tertiary/aromatic N) is 1. The van der Waals surface area contributed by atoms with Crippen molar-refractivity contribution < 1.29 is 9.90 Å². The van der Waals surface area contributed by atoms with Crippen LogP contribution in [0.1, 0.15) is 23.2 Å². The number of rotatable bonds is 4. The largest absolute Gasteiger partial charge is 0.395 e. The fourth-order valence-corrected chi connectivity index (χ4v) is 3.66. The number of aliphatic hydroxyl groups is 1. The predicted molar refractivity (Wildman–Crippen MR) is 73.0 cm³/mol. The van der Waals surface area contributed by atoms with Crippen molar-refractivity contribution in [1.82, 2.24) is 4.90 Å². The summed E-state index contributed by atoms with van der Waals surface area (Å²) in [5.74, 6) is 0.225. The summed E-state index contributed by atoms with van der Waals surface area (Å²) in [5.41, 5.74) is 0.797. The highest BCUT2D eigenvalue weighted by molar-refractivity contribution is 9.09. The van der Waals surface area contributed by atoms with Crippen LogP contribution in [0.15, 0.2) is 30.3 Å². The summed E-state index contributed by atoms with van der Waals surface area (Å²) in [6.07, 6.45) is 2.13. The Bertz CT molecular complexity index is 450. The Morgan fingerprint density at radius 3 is 2.78 bits per heavy atom. The molecule has 3 unspecified atom stereocenters. The van der Waals surface area contributed by atoms with Crippen molar-refractivity contribution in [1.29, 1.82) is 0 Å². The lowest BCUT2D eigenvalue weighted by Gasteiger charge is -2.19. The van der Waals surface area contributed by atoms with Gasteiger partial charge in [0.05, 0.1) is 17.5 Å². The van der Waals surface area contributed by atoms with Gasteiger partial charge < -0.3 is 5.11 Å². The topological polar surface area (TPSA) is 40.3 Å². The molecule has 5 atom stereocenters. The monoisotopic (exact) mass is 309 g/mol. The molecule has 3 rings (SSSR count). The van der Waals surface area contributed by atoms with E-state index in [0.29, 0.717) is 12.1 Å². The van der Waals surface area contributed by atoms with Crippen molar-refractivity contribution in [2.45, 2.75) is 35.8 Å². The zero-order valence-corrected chi connectivity index (χ0v) is 11.6. The maximum atomic E-state index is 12.4. The van der Waals surface area contributed by atoms with E-state index in [4.69, 9.17) is 0 Å². The number of piperidine rings is 1. The summed E-state index contributed by atoms with van der Waals surface area (Å²) in [4.78, 5) is 14.7. The number of hydrogen-bond donors (Lipinski definition) is 1. The average Bonchev–Trinajstić information content (AvgIpc) is 2.97. The van der Waals surface area contributed by atoms with Crippen LogP contribution in [0.4, 0.5) is 0 Å². The molecule has 2 aliphatic rings. The zero-order valence-electron chi connectivity index (χ0n) is 10.00. The van der Waals surface area contributed by atoms with E-state index in [1.54, 1.807) is 0 Å². The Labute approximate surface area is 115 Å². The smallest absolute Gasteiger partial charge is 0.181 e. The molecule has 1 aromatic rings. The van der Waals surface area contributed by atoms with E-state index < -0.39 is 0 Å². The molecule has 2 fully saturated rings. The van der Waals surface area contributed by atoms with Crippen molar-refractivity contribution in [2.75, 3.05) is 6.61 Å². The van der Waals surface area contributed by atoms with E-state index in [0.717, 1.165) is 18.4 Å². The molecule has 18 heavy (non-hydrogen) atoms. The third kappa shape index (κ3) is 1.92. The number of fused-ring (bicyclic) bond motifs is 1.